The molecule has 5 N–H and O–H groups in total. The van der Waals surface area contributed by atoms with Crippen LogP contribution in [0.2, 0.25) is 0 Å². The molecule has 0 spiro atoms. The minimum absolute atomic E-state index is 0.0422. The highest BCUT2D eigenvalue weighted by Crippen LogP contribution is 2.45. The average molecular weight is 493 g/mol. The van der Waals surface area contributed by atoms with Gasteiger partial charge < -0.3 is 30.1 Å². The van der Waals surface area contributed by atoms with E-state index in [4.69, 9.17) is 0 Å². The van der Waals surface area contributed by atoms with E-state index in [2.05, 4.69) is 12.6 Å². The summed E-state index contributed by atoms with van der Waals surface area (Å²) in [5.41, 5.74) is 1.98. The van der Waals surface area contributed by atoms with Gasteiger partial charge in [-0.1, -0.05) is 6.07 Å². The maximum atomic E-state index is 10.6. The van der Waals surface area contributed by atoms with E-state index < -0.39 is 0 Å². The summed E-state index contributed by atoms with van der Waals surface area (Å²) in [5, 5.41) is 52.3. The van der Waals surface area contributed by atoms with Crippen LogP contribution in [0.1, 0.15) is 0 Å². The van der Waals surface area contributed by atoms with Crippen molar-refractivity contribution in [1.82, 2.24) is 4.57 Å². The van der Waals surface area contributed by atoms with Crippen LogP contribution in [0.3, 0.4) is 0 Å². The molecule has 9 heteroatoms. The molecule has 0 aliphatic rings. The number of phenolic OH excluding ortho intramolecular Hbond substituents is 5. The highest BCUT2D eigenvalue weighted by molar-refractivity contribution is 14.1. The molecule has 136 valence electrons. The zero-order valence-electron chi connectivity index (χ0n) is 13.9. The van der Waals surface area contributed by atoms with Gasteiger partial charge in [-0.15, -0.1) is 12.6 Å². The summed E-state index contributed by atoms with van der Waals surface area (Å²) < 4.78 is 1.94. The van der Waals surface area contributed by atoms with Crippen molar-refractivity contribution in [2.45, 2.75) is 4.90 Å². The van der Waals surface area contributed by atoms with Gasteiger partial charge in [-0.3, -0.25) is 0 Å². The lowest BCUT2D eigenvalue weighted by Gasteiger charge is -2.11. The van der Waals surface area contributed by atoms with Crippen molar-refractivity contribution in [3.8, 4) is 34.4 Å². The summed E-state index contributed by atoms with van der Waals surface area (Å²) in [5.74, 6) is -0.582. The van der Waals surface area contributed by atoms with Crippen molar-refractivity contribution in [1.29, 1.82) is 0 Å². The van der Waals surface area contributed by atoms with Crippen LogP contribution in [0.5, 0.6) is 28.7 Å². The van der Waals surface area contributed by atoms with Gasteiger partial charge in [0.25, 0.3) is 0 Å². The topological polar surface area (TPSA) is 106 Å². The van der Waals surface area contributed by atoms with Crippen LogP contribution >= 0.6 is 35.2 Å². The standard InChI is InChI=1S/C18H13BINO5S/c19-8-3-7-9(4-11(8)22)21(6-1-12(23)16(20)13(24)2-6)10-5-14(25)18(27)17(26)15(7)10/h1-5,22-27H,19H2. The first-order valence-corrected chi connectivity index (χ1v) is 9.36. The summed E-state index contributed by atoms with van der Waals surface area (Å²) >= 11 is 5.99. The van der Waals surface area contributed by atoms with Gasteiger partial charge in [-0.25, -0.2) is 0 Å². The normalized spacial score (nSPS) is 11.5. The average Bonchev–Trinajstić information content (AvgIpc) is 2.90. The minimum atomic E-state index is -0.215. The highest BCUT2D eigenvalue weighted by Gasteiger charge is 2.21. The third-order valence-electron chi connectivity index (χ3n) is 4.58. The van der Waals surface area contributed by atoms with Crippen molar-refractivity contribution < 1.29 is 25.5 Å². The van der Waals surface area contributed by atoms with Crippen LogP contribution in [0.15, 0.2) is 35.2 Å². The number of aromatic nitrogens is 1. The molecule has 0 saturated carbocycles. The quantitative estimate of drug-likeness (QED) is 0.139. The summed E-state index contributed by atoms with van der Waals surface area (Å²) in [6.07, 6.45) is 0. The SMILES string of the molecule is Bc1cc2c3c(O)c(S)c(O)cc3n(-c3cc(O)c(I)c(O)c3)c2cc1O. The van der Waals surface area contributed by atoms with E-state index in [0.717, 1.165) is 0 Å². The molecule has 0 aliphatic heterocycles. The van der Waals surface area contributed by atoms with Crippen molar-refractivity contribution in [3.05, 3.63) is 33.9 Å². The van der Waals surface area contributed by atoms with E-state index in [1.807, 2.05) is 22.6 Å². The van der Waals surface area contributed by atoms with E-state index in [-0.39, 0.29) is 33.6 Å². The van der Waals surface area contributed by atoms with Crippen LogP contribution in [-0.2, 0) is 0 Å². The second kappa shape index (κ2) is 6.06. The minimum Gasteiger partial charge on any atom is -0.508 e. The van der Waals surface area contributed by atoms with E-state index in [1.165, 1.54) is 24.3 Å². The molecule has 27 heavy (non-hydrogen) atoms. The molecule has 4 aromatic rings. The molecule has 0 fully saturated rings. The van der Waals surface area contributed by atoms with Crippen LogP contribution in [0.4, 0.5) is 0 Å². The Morgan fingerprint density at radius 1 is 0.815 bits per heavy atom. The van der Waals surface area contributed by atoms with Gasteiger partial charge in [0.2, 0.25) is 0 Å². The fraction of sp³-hybridized carbons (Fsp3) is 0. The second-order valence-corrected chi connectivity index (χ2v) is 7.80. The Morgan fingerprint density at radius 3 is 2.04 bits per heavy atom. The first-order valence-electron chi connectivity index (χ1n) is 7.84. The lowest BCUT2D eigenvalue weighted by molar-refractivity contribution is 0.433. The molecular weight excluding hydrogens is 480 g/mol. The van der Waals surface area contributed by atoms with Crippen molar-refractivity contribution in [2.75, 3.05) is 0 Å². The van der Waals surface area contributed by atoms with E-state index >= 15 is 0 Å². The number of aromatic hydroxyl groups is 5. The van der Waals surface area contributed by atoms with E-state index in [9.17, 15) is 25.5 Å². The number of thiol groups is 1. The first kappa shape index (κ1) is 18.0. The van der Waals surface area contributed by atoms with Crippen LogP contribution in [-0.4, -0.2) is 37.9 Å². The molecule has 3 aromatic carbocycles. The summed E-state index contributed by atoms with van der Waals surface area (Å²) in [7, 11) is 1.74. The van der Waals surface area contributed by atoms with Crippen LogP contribution < -0.4 is 5.46 Å². The largest absolute Gasteiger partial charge is 0.508 e. The highest BCUT2D eigenvalue weighted by atomic mass is 127. The van der Waals surface area contributed by atoms with E-state index in [1.54, 1.807) is 18.5 Å². The van der Waals surface area contributed by atoms with Crippen molar-refractivity contribution >= 4 is 70.3 Å². The van der Waals surface area contributed by atoms with Crippen molar-refractivity contribution in [2.24, 2.45) is 0 Å². The fourth-order valence-corrected chi connectivity index (χ4v) is 3.75. The number of rotatable bonds is 1. The number of fused-ring (bicyclic) bond motifs is 3. The maximum Gasteiger partial charge on any atom is 0.144 e. The van der Waals surface area contributed by atoms with Gasteiger partial charge in [0.15, 0.2) is 0 Å². The van der Waals surface area contributed by atoms with Crippen LogP contribution in [0, 0.1) is 3.57 Å². The van der Waals surface area contributed by atoms with Gasteiger partial charge in [-0.2, -0.15) is 0 Å². The summed E-state index contributed by atoms with van der Waals surface area (Å²) in [4.78, 5) is 0.0422. The number of halogens is 1. The molecule has 4 rings (SSSR count). The molecule has 0 unspecified atom stereocenters. The van der Waals surface area contributed by atoms with E-state index in [0.29, 0.717) is 36.5 Å². The third-order valence-corrected chi connectivity index (χ3v) is 6.12. The molecule has 0 aliphatic carbocycles. The third kappa shape index (κ3) is 2.56. The number of benzene rings is 3. The molecule has 0 saturated heterocycles. The lowest BCUT2D eigenvalue weighted by atomic mass is 9.93. The Hall–Kier alpha value is -2.40. The van der Waals surface area contributed by atoms with Gasteiger partial charge in [0, 0.05) is 29.7 Å². The molecular formula is C18H13BINO5S. The Morgan fingerprint density at radius 2 is 1.41 bits per heavy atom. The Kier molecular flexibility index (Phi) is 4.04. The maximum absolute atomic E-state index is 10.6. The molecule has 1 aromatic heterocycles. The Balaban J connectivity index is 2.27. The Bertz CT molecular complexity index is 1250. The summed E-state index contributed by atoms with van der Waals surface area (Å²) in [6.45, 7) is 0. The molecule has 0 atom stereocenters. The molecule has 0 bridgehead atoms. The number of hydrogen-bond acceptors (Lipinski definition) is 6. The zero-order chi connectivity index (χ0) is 19.6. The van der Waals surface area contributed by atoms with Crippen molar-refractivity contribution in [3.63, 3.8) is 0 Å². The molecule has 1 heterocycles. The fourth-order valence-electron chi connectivity index (χ4n) is 3.26. The molecule has 0 radical (unpaired) electrons. The number of phenols is 5. The van der Waals surface area contributed by atoms with Gasteiger partial charge in [0.1, 0.15) is 36.6 Å². The Labute approximate surface area is 173 Å². The number of nitrogens with zero attached hydrogens (tertiary/aromatic N) is 1. The smallest absolute Gasteiger partial charge is 0.144 e. The van der Waals surface area contributed by atoms with Gasteiger partial charge >= 0.3 is 0 Å². The summed E-state index contributed by atoms with van der Waals surface area (Å²) in [6, 6.07) is 7.61. The molecule has 0 amide bonds. The lowest BCUT2D eigenvalue weighted by Crippen LogP contribution is -2.02. The number of hydrogen-bond donors (Lipinski definition) is 6. The first-order chi connectivity index (χ1) is 12.7. The second-order valence-electron chi connectivity index (χ2n) is 6.28. The molecule has 6 nitrogen and oxygen atoms in total. The van der Waals surface area contributed by atoms with Gasteiger partial charge in [-0.05, 0) is 28.1 Å². The monoisotopic (exact) mass is 493 g/mol. The zero-order valence-corrected chi connectivity index (χ0v) is 16.9. The predicted octanol–water partition coefficient (Wildman–Crippen LogP) is 2.46. The van der Waals surface area contributed by atoms with Crippen LogP contribution in [0.25, 0.3) is 27.5 Å². The van der Waals surface area contributed by atoms with Gasteiger partial charge in [0.05, 0.1) is 30.6 Å². The predicted molar refractivity (Wildman–Crippen MR) is 117 cm³/mol.